The van der Waals surface area contributed by atoms with E-state index in [4.69, 9.17) is 4.98 Å². The summed E-state index contributed by atoms with van der Waals surface area (Å²) in [5, 5.41) is 4.82. The minimum Gasteiger partial charge on any atom is -0.247 e. The second kappa shape index (κ2) is 14.5. The van der Waals surface area contributed by atoms with Gasteiger partial charge in [0.2, 0.25) is 0 Å². The molecule has 10 aromatic rings. The summed E-state index contributed by atoms with van der Waals surface area (Å²) in [5.74, 6) is 0. The second-order valence-corrected chi connectivity index (χ2v) is 14.4. The maximum atomic E-state index is 5.37. The molecule has 1 nitrogen and oxygen atoms in total. The van der Waals surface area contributed by atoms with E-state index in [1.54, 1.807) is 0 Å². The third kappa shape index (κ3) is 6.46. The van der Waals surface area contributed by atoms with Crippen molar-refractivity contribution in [3.05, 3.63) is 224 Å². The third-order valence-electron chi connectivity index (χ3n) is 10.8. The van der Waals surface area contributed by atoms with Crippen molar-refractivity contribution in [3.8, 4) is 78.1 Å². The highest BCUT2D eigenvalue weighted by Gasteiger charge is 2.13. The van der Waals surface area contributed by atoms with Gasteiger partial charge in [0, 0.05) is 16.5 Å². The summed E-state index contributed by atoms with van der Waals surface area (Å²) in [4.78, 5) is 5.37. The molecule has 56 heavy (non-hydrogen) atoms. The number of hydrogen-bond acceptors (Lipinski definition) is 1. The number of hydrogen-bond donors (Lipinski definition) is 0. The fraction of sp³-hybridized carbons (Fsp3) is 0. The molecule has 0 saturated heterocycles. The molecule has 0 saturated carbocycles. The van der Waals surface area contributed by atoms with E-state index in [1.165, 1.54) is 66.2 Å². The number of aromatic nitrogens is 1. The average Bonchev–Trinajstić information content (AvgIpc) is 3.29. The summed E-state index contributed by atoms with van der Waals surface area (Å²) in [6, 6.07) is 80.7. The summed E-state index contributed by atoms with van der Waals surface area (Å²) in [7, 11) is 0. The van der Waals surface area contributed by atoms with Gasteiger partial charge in [-0.15, -0.1) is 0 Å². The van der Waals surface area contributed by atoms with Crippen LogP contribution in [0, 0.1) is 0 Å². The van der Waals surface area contributed by atoms with Gasteiger partial charge in [-0.25, -0.2) is 4.98 Å². The van der Waals surface area contributed by atoms with Crippen LogP contribution in [-0.2, 0) is 0 Å². The number of nitrogens with zero attached hydrogens (tertiary/aromatic N) is 1. The van der Waals surface area contributed by atoms with Gasteiger partial charge in [0.15, 0.2) is 0 Å². The van der Waals surface area contributed by atoms with Gasteiger partial charge in [0.05, 0.1) is 11.4 Å². The van der Waals surface area contributed by atoms with Gasteiger partial charge in [-0.2, -0.15) is 0 Å². The van der Waals surface area contributed by atoms with E-state index in [-0.39, 0.29) is 0 Å². The zero-order valence-electron chi connectivity index (χ0n) is 30.8. The fourth-order valence-corrected chi connectivity index (χ4v) is 7.98. The summed E-state index contributed by atoms with van der Waals surface area (Å²) >= 11 is 0. The Kier molecular flexibility index (Phi) is 8.59. The topological polar surface area (TPSA) is 12.9 Å². The molecule has 0 spiro atoms. The molecule has 0 unspecified atom stereocenters. The van der Waals surface area contributed by atoms with E-state index in [2.05, 4.69) is 224 Å². The molecule has 0 N–H and O–H groups in total. The highest BCUT2D eigenvalue weighted by Crippen LogP contribution is 2.37. The van der Waals surface area contributed by atoms with Gasteiger partial charge in [0.1, 0.15) is 0 Å². The lowest BCUT2D eigenvalue weighted by atomic mass is 9.92. The van der Waals surface area contributed by atoms with Crippen molar-refractivity contribution < 1.29 is 0 Å². The van der Waals surface area contributed by atoms with Crippen molar-refractivity contribution >= 4 is 21.5 Å². The first-order chi connectivity index (χ1) is 27.7. The zero-order valence-corrected chi connectivity index (χ0v) is 30.8. The number of fused-ring (bicyclic) bond motifs is 2. The van der Waals surface area contributed by atoms with Crippen molar-refractivity contribution in [2.45, 2.75) is 0 Å². The van der Waals surface area contributed by atoms with Crippen LogP contribution in [0.3, 0.4) is 0 Å². The highest BCUT2D eigenvalue weighted by atomic mass is 14.7. The average molecular weight is 712 g/mol. The van der Waals surface area contributed by atoms with Crippen LogP contribution in [0.5, 0.6) is 0 Å². The van der Waals surface area contributed by atoms with Gasteiger partial charge in [-0.05, 0) is 108 Å². The molecule has 0 radical (unpaired) electrons. The Bertz CT molecular complexity index is 2940. The van der Waals surface area contributed by atoms with E-state index in [9.17, 15) is 0 Å². The molecule has 0 atom stereocenters. The Hall–Kier alpha value is -7.35. The minimum absolute atomic E-state index is 0.956. The molecule has 0 bridgehead atoms. The van der Waals surface area contributed by atoms with Crippen molar-refractivity contribution in [2.75, 3.05) is 0 Å². The first kappa shape index (κ1) is 33.2. The lowest BCUT2D eigenvalue weighted by Gasteiger charge is -2.13. The van der Waals surface area contributed by atoms with Crippen LogP contribution < -0.4 is 0 Å². The predicted octanol–water partition coefficient (Wildman–Crippen LogP) is 15.1. The second-order valence-electron chi connectivity index (χ2n) is 14.4. The van der Waals surface area contributed by atoms with Gasteiger partial charge in [-0.3, -0.25) is 0 Å². The predicted molar refractivity (Wildman–Crippen MR) is 237 cm³/mol. The van der Waals surface area contributed by atoms with Crippen molar-refractivity contribution in [2.24, 2.45) is 0 Å². The quantitative estimate of drug-likeness (QED) is 0.160. The first-order valence-corrected chi connectivity index (χ1v) is 19.2. The van der Waals surface area contributed by atoms with Gasteiger partial charge in [-0.1, -0.05) is 188 Å². The third-order valence-corrected chi connectivity index (χ3v) is 10.8. The first-order valence-electron chi connectivity index (χ1n) is 19.2. The van der Waals surface area contributed by atoms with E-state index in [1.807, 2.05) is 0 Å². The molecule has 0 aliphatic carbocycles. The van der Waals surface area contributed by atoms with Gasteiger partial charge >= 0.3 is 0 Å². The van der Waals surface area contributed by atoms with Crippen LogP contribution in [0.1, 0.15) is 0 Å². The van der Waals surface area contributed by atoms with E-state index < -0.39 is 0 Å². The van der Waals surface area contributed by atoms with Crippen LogP contribution in [0.15, 0.2) is 224 Å². The van der Waals surface area contributed by atoms with Crippen LogP contribution in [0.25, 0.3) is 99.7 Å². The lowest BCUT2D eigenvalue weighted by Crippen LogP contribution is -1.92. The SMILES string of the molecule is c1ccc(-c2cc(-c3ccccc3)cc(-c3cccc(-c4cccc(-c5cc6ccccc6c(-c6ccc(-c7cccc8ccccc78)cc6)n5)c4)c3)c2)cc1. The zero-order chi connectivity index (χ0) is 37.3. The van der Waals surface area contributed by atoms with Crippen molar-refractivity contribution in [1.29, 1.82) is 0 Å². The molecule has 0 aliphatic rings. The number of rotatable bonds is 7. The van der Waals surface area contributed by atoms with Crippen LogP contribution in [-0.4, -0.2) is 4.98 Å². The molecular formula is C55H37N. The van der Waals surface area contributed by atoms with E-state index in [0.29, 0.717) is 0 Å². The fourth-order valence-electron chi connectivity index (χ4n) is 7.98. The maximum Gasteiger partial charge on any atom is 0.0787 e. The van der Waals surface area contributed by atoms with Crippen LogP contribution in [0.4, 0.5) is 0 Å². The molecule has 0 amide bonds. The van der Waals surface area contributed by atoms with Gasteiger partial charge in [0.25, 0.3) is 0 Å². The van der Waals surface area contributed by atoms with Crippen LogP contribution >= 0.6 is 0 Å². The summed E-state index contributed by atoms with van der Waals surface area (Å²) in [6.07, 6.45) is 0. The highest BCUT2D eigenvalue weighted by molar-refractivity contribution is 5.99. The largest absolute Gasteiger partial charge is 0.247 e. The van der Waals surface area contributed by atoms with Gasteiger partial charge < -0.3 is 0 Å². The number of pyridine rings is 1. The number of benzene rings is 9. The maximum absolute atomic E-state index is 5.37. The summed E-state index contributed by atoms with van der Waals surface area (Å²) in [5.41, 5.74) is 16.1. The Balaban J connectivity index is 1.02. The molecule has 9 aromatic carbocycles. The Morgan fingerprint density at radius 2 is 0.661 bits per heavy atom. The molecular weight excluding hydrogens is 675 g/mol. The normalized spacial score (nSPS) is 11.2. The van der Waals surface area contributed by atoms with E-state index >= 15 is 0 Å². The molecule has 262 valence electrons. The molecule has 1 heteroatoms. The molecule has 0 fully saturated rings. The molecule has 10 rings (SSSR count). The monoisotopic (exact) mass is 711 g/mol. The summed E-state index contributed by atoms with van der Waals surface area (Å²) in [6.45, 7) is 0. The smallest absolute Gasteiger partial charge is 0.0787 e. The lowest BCUT2D eigenvalue weighted by molar-refractivity contribution is 1.35. The Labute approximate surface area is 327 Å². The van der Waals surface area contributed by atoms with Crippen LogP contribution in [0.2, 0.25) is 0 Å². The van der Waals surface area contributed by atoms with E-state index in [0.717, 1.165) is 33.5 Å². The van der Waals surface area contributed by atoms with Crippen molar-refractivity contribution in [3.63, 3.8) is 0 Å². The Morgan fingerprint density at radius 3 is 1.32 bits per heavy atom. The standard InChI is InChI=1S/C55H37N/c1-3-14-38(15-4-1)48-34-49(39-16-5-2-6-17-39)36-50(35-48)45-23-11-21-43(32-45)44-22-12-24-47(33-44)54-37-46-19-8-10-26-53(46)55(56-54)42-30-28-41(29-31-42)52-27-13-20-40-18-7-9-25-51(40)52/h1-37H. The minimum atomic E-state index is 0.956. The molecule has 1 heterocycles. The Morgan fingerprint density at radius 1 is 0.232 bits per heavy atom. The molecule has 0 aliphatic heterocycles. The summed E-state index contributed by atoms with van der Waals surface area (Å²) < 4.78 is 0. The molecule has 1 aromatic heterocycles. The van der Waals surface area contributed by atoms with Crippen molar-refractivity contribution in [1.82, 2.24) is 4.98 Å².